The van der Waals surface area contributed by atoms with E-state index in [-0.39, 0.29) is 29.7 Å². The Labute approximate surface area is 182 Å². The largest absolute Gasteiger partial charge is 0.357 e. The number of nitrogens with zero attached hydrogens (tertiary/aromatic N) is 2. The first kappa shape index (κ1) is 23.2. The highest BCUT2D eigenvalue weighted by Gasteiger charge is 2.39. The van der Waals surface area contributed by atoms with Crippen LogP contribution in [0.15, 0.2) is 4.99 Å². The third-order valence-electron chi connectivity index (χ3n) is 6.43. The molecule has 3 fully saturated rings. The van der Waals surface area contributed by atoms with Crippen LogP contribution in [0.1, 0.15) is 64.7 Å². The molecule has 1 aliphatic heterocycles. The lowest BCUT2D eigenvalue weighted by molar-refractivity contribution is 0.203. The fraction of sp³-hybridized carbons (Fsp3) is 0.947. The van der Waals surface area contributed by atoms with Crippen molar-refractivity contribution in [2.24, 2.45) is 16.3 Å². The number of halogens is 1. The molecule has 3 rings (SSSR count). The number of rotatable bonds is 7. The van der Waals surface area contributed by atoms with Crippen LogP contribution in [-0.4, -0.2) is 57.8 Å². The number of likely N-dealkylation sites (tertiary alicyclic amines) is 1. The van der Waals surface area contributed by atoms with Gasteiger partial charge in [-0.15, -0.1) is 24.0 Å². The Balaban J connectivity index is 0.00000261. The van der Waals surface area contributed by atoms with Gasteiger partial charge in [0.25, 0.3) is 0 Å². The second-order valence-electron chi connectivity index (χ2n) is 8.43. The lowest BCUT2D eigenvalue weighted by atomic mass is 9.73. The maximum atomic E-state index is 12.2. The molecule has 3 aliphatic rings. The predicted octanol–water partition coefficient (Wildman–Crippen LogP) is 2.95. The van der Waals surface area contributed by atoms with E-state index in [1.54, 1.807) is 0 Å². The van der Waals surface area contributed by atoms with Crippen molar-refractivity contribution in [3.63, 3.8) is 0 Å². The van der Waals surface area contributed by atoms with Gasteiger partial charge in [-0.3, -0.25) is 4.99 Å². The first-order chi connectivity index (χ1) is 12.5. The van der Waals surface area contributed by atoms with Gasteiger partial charge in [-0.2, -0.15) is 0 Å². The summed E-state index contributed by atoms with van der Waals surface area (Å²) in [5.74, 6) is 1.51. The first-order valence-electron chi connectivity index (χ1n) is 10.5. The highest BCUT2D eigenvalue weighted by atomic mass is 127. The average Bonchev–Trinajstić information content (AvgIpc) is 2.96. The van der Waals surface area contributed by atoms with Crippen molar-refractivity contribution >= 4 is 40.0 Å². The van der Waals surface area contributed by atoms with Crippen LogP contribution in [0.3, 0.4) is 0 Å². The minimum Gasteiger partial charge on any atom is -0.357 e. The summed E-state index contributed by atoms with van der Waals surface area (Å²) in [4.78, 5) is 6.98. The Morgan fingerprint density at radius 1 is 1.15 bits per heavy atom. The summed E-state index contributed by atoms with van der Waals surface area (Å²) >= 11 is 0. The second kappa shape index (κ2) is 10.6. The summed E-state index contributed by atoms with van der Waals surface area (Å²) in [6.07, 6.45) is 11.5. The van der Waals surface area contributed by atoms with Crippen LogP contribution >= 0.6 is 24.0 Å². The third-order valence-corrected chi connectivity index (χ3v) is 7.75. The number of sulfonamides is 1. The molecule has 0 bridgehead atoms. The summed E-state index contributed by atoms with van der Waals surface area (Å²) in [5.41, 5.74) is 0.477. The molecule has 2 saturated carbocycles. The van der Waals surface area contributed by atoms with E-state index in [4.69, 9.17) is 0 Å². The zero-order valence-corrected chi connectivity index (χ0v) is 19.9. The van der Waals surface area contributed by atoms with Crippen LogP contribution in [0.2, 0.25) is 0 Å². The summed E-state index contributed by atoms with van der Waals surface area (Å²) in [7, 11) is -3.22. The topological polar surface area (TPSA) is 73.8 Å². The molecule has 0 aromatic rings. The van der Waals surface area contributed by atoms with E-state index in [0.29, 0.717) is 24.4 Å². The summed E-state index contributed by atoms with van der Waals surface area (Å²) in [5, 5.41) is 3.36. The van der Waals surface area contributed by atoms with Gasteiger partial charge in [-0.05, 0) is 50.4 Å². The SMILES string of the molecule is CCNC(=NCCS(=O)(=O)NCC1CCC1)N1CCC2(CCCCC2)C1.I. The van der Waals surface area contributed by atoms with Gasteiger partial charge in [-0.25, -0.2) is 13.1 Å². The van der Waals surface area contributed by atoms with Crippen molar-refractivity contribution in [2.45, 2.75) is 64.7 Å². The Bertz CT molecular complexity index is 587. The molecule has 1 heterocycles. The highest BCUT2D eigenvalue weighted by molar-refractivity contribution is 14.0. The van der Waals surface area contributed by atoms with E-state index in [2.05, 4.69) is 26.9 Å². The molecular weight excluding hydrogens is 475 g/mol. The van der Waals surface area contributed by atoms with Crippen molar-refractivity contribution in [3.05, 3.63) is 0 Å². The Hall–Kier alpha value is -0.0900. The van der Waals surface area contributed by atoms with Crippen molar-refractivity contribution < 1.29 is 8.42 Å². The number of aliphatic imine (C=N–C) groups is 1. The van der Waals surface area contributed by atoms with E-state index >= 15 is 0 Å². The molecule has 6 nitrogen and oxygen atoms in total. The molecule has 2 N–H and O–H groups in total. The smallest absolute Gasteiger partial charge is 0.213 e. The van der Waals surface area contributed by atoms with Crippen LogP contribution in [0.25, 0.3) is 0 Å². The van der Waals surface area contributed by atoms with E-state index < -0.39 is 10.0 Å². The molecule has 27 heavy (non-hydrogen) atoms. The van der Waals surface area contributed by atoms with Gasteiger partial charge in [-0.1, -0.05) is 25.7 Å². The molecule has 1 saturated heterocycles. The molecule has 0 unspecified atom stereocenters. The fourth-order valence-electron chi connectivity index (χ4n) is 4.54. The third kappa shape index (κ3) is 6.73. The molecule has 0 atom stereocenters. The van der Waals surface area contributed by atoms with Gasteiger partial charge < -0.3 is 10.2 Å². The van der Waals surface area contributed by atoms with Gasteiger partial charge in [0.1, 0.15) is 0 Å². The Kier molecular flexibility index (Phi) is 9.12. The normalized spacial score (nSPS) is 23.1. The second-order valence-corrected chi connectivity index (χ2v) is 10.4. The zero-order chi connectivity index (χ0) is 18.5. The van der Waals surface area contributed by atoms with Crippen LogP contribution < -0.4 is 10.0 Å². The van der Waals surface area contributed by atoms with Crippen molar-refractivity contribution in [1.29, 1.82) is 0 Å². The first-order valence-corrected chi connectivity index (χ1v) is 12.2. The number of hydrogen-bond acceptors (Lipinski definition) is 3. The fourth-order valence-corrected chi connectivity index (χ4v) is 5.50. The summed E-state index contributed by atoms with van der Waals surface area (Å²) < 4.78 is 27.1. The lowest BCUT2D eigenvalue weighted by Gasteiger charge is -2.33. The molecular formula is C19H37IN4O2S. The van der Waals surface area contributed by atoms with Crippen LogP contribution in [-0.2, 0) is 10.0 Å². The molecule has 0 amide bonds. The van der Waals surface area contributed by atoms with Gasteiger partial charge in [0.2, 0.25) is 10.0 Å². The van der Waals surface area contributed by atoms with Crippen molar-refractivity contribution in [3.8, 4) is 0 Å². The minimum atomic E-state index is -3.22. The van der Waals surface area contributed by atoms with E-state index in [1.807, 2.05) is 0 Å². The molecule has 0 aromatic heterocycles. The van der Waals surface area contributed by atoms with E-state index in [9.17, 15) is 8.42 Å². The highest BCUT2D eigenvalue weighted by Crippen LogP contribution is 2.43. The molecule has 1 spiro atoms. The van der Waals surface area contributed by atoms with Crippen LogP contribution in [0.5, 0.6) is 0 Å². The standard InChI is InChI=1S/C19H36N4O2S.HI/c1-2-20-18(23-13-11-19(16-23)9-4-3-5-10-19)21-12-14-26(24,25)22-15-17-7-6-8-17;/h17,22H,2-16H2,1H3,(H,20,21);1H. The van der Waals surface area contributed by atoms with Crippen LogP contribution in [0.4, 0.5) is 0 Å². The Morgan fingerprint density at radius 2 is 1.89 bits per heavy atom. The number of nitrogens with one attached hydrogen (secondary N) is 2. The van der Waals surface area contributed by atoms with Crippen LogP contribution in [0, 0.1) is 11.3 Å². The van der Waals surface area contributed by atoms with Gasteiger partial charge in [0.15, 0.2) is 5.96 Å². The van der Waals surface area contributed by atoms with Crippen molar-refractivity contribution in [2.75, 3.05) is 38.5 Å². The lowest BCUT2D eigenvalue weighted by Crippen LogP contribution is -2.42. The number of hydrogen-bond donors (Lipinski definition) is 2. The zero-order valence-electron chi connectivity index (χ0n) is 16.7. The maximum Gasteiger partial charge on any atom is 0.213 e. The summed E-state index contributed by atoms with van der Waals surface area (Å²) in [6, 6.07) is 0. The van der Waals surface area contributed by atoms with Gasteiger partial charge in [0.05, 0.1) is 12.3 Å². The molecule has 2 aliphatic carbocycles. The maximum absolute atomic E-state index is 12.2. The van der Waals surface area contributed by atoms with Crippen molar-refractivity contribution in [1.82, 2.24) is 14.9 Å². The number of guanidine groups is 1. The molecule has 0 aromatic carbocycles. The molecule has 8 heteroatoms. The van der Waals surface area contributed by atoms with Gasteiger partial charge >= 0.3 is 0 Å². The quantitative estimate of drug-likeness (QED) is 0.313. The van der Waals surface area contributed by atoms with Gasteiger partial charge in [0, 0.05) is 26.2 Å². The summed E-state index contributed by atoms with van der Waals surface area (Å²) in [6.45, 7) is 5.92. The monoisotopic (exact) mass is 512 g/mol. The minimum absolute atomic E-state index is 0. The molecule has 158 valence electrons. The average molecular weight is 513 g/mol. The molecule has 0 radical (unpaired) electrons. The van der Waals surface area contributed by atoms with E-state index in [0.717, 1.165) is 38.4 Å². The van der Waals surface area contributed by atoms with E-state index in [1.165, 1.54) is 44.9 Å². The predicted molar refractivity (Wildman–Crippen MR) is 122 cm³/mol. The Morgan fingerprint density at radius 3 is 2.52 bits per heavy atom.